The quantitative estimate of drug-likeness (QED) is 0.293. The molecule has 1 aromatic rings. The standard InChI is InChI=1S/C16H27IS/c1-2-3-4-5-6-7-8-9-10-11-12-15-13-16(17)18-14-15/h13-14H,2-12H2,1H3. The minimum Gasteiger partial charge on any atom is -0.137 e. The number of unbranched alkanes of at least 4 members (excludes halogenated alkanes) is 9. The number of halogens is 1. The maximum Gasteiger partial charge on any atom is 0.0656 e. The molecule has 0 nitrogen and oxygen atoms in total. The van der Waals surface area contributed by atoms with Gasteiger partial charge in [0.2, 0.25) is 0 Å². The highest BCUT2D eigenvalue weighted by Gasteiger charge is 1.97. The van der Waals surface area contributed by atoms with Crippen LogP contribution in [0.3, 0.4) is 0 Å². The van der Waals surface area contributed by atoms with Gasteiger partial charge in [0.05, 0.1) is 2.88 Å². The van der Waals surface area contributed by atoms with Crippen LogP contribution in [0.1, 0.15) is 76.7 Å². The summed E-state index contributed by atoms with van der Waals surface area (Å²) < 4.78 is 1.43. The van der Waals surface area contributed by atoms with Crippen molar-refractivity contribution < 1.29 is 0 Å². The van der Waals surface area contributed by atoms with E-state index in [1.807, 2.05) is 11.3 Å². The lowest BCUT2D eigenvalue weighted by Gasteiger charge is -2.01. The first-order valence-electron chi connectivity index (χ1n) is 7.56. The van der Waals surface area contributed by atoms with Crippen LogP contribution in [0, 0.1) is 2.88 Å². The first-order chi connectivity index (χ1) is 8.83. The molecule has 0 saturated heterocycles. The van der Waals surface area contributed by atoms with Gasteiger partial charge in [-0.05, 0) is 52.4 Å². The van der Waals surface area contributed by atoms with Gasteiger partial charge in [-0.3, -0.25) is 0 Å². The first-order valence-corrected chi connectivity index (χ1v) is 9.51. The second-order valence-electron chi connectivity index (χ2n) is 5.19. The predicted molar refractivity (Wildman–Crippen MR) is 92.6 cm³/mol. The van der Waals surface area contributed by atoms with Crippen LogP contribution in [0.4, 0.5) is 0 Å². The molecule has 2 heteroatoms. The summed E-state index contributed by atoms with van der Waals surface area (Å²) in [5.41, 5.74) is 1.55. The van der Waals surface area contributed by atoms with Crippen molar-refractivity contribution in [3.63, 3.8) is 0 Å². The van der Waals surface area contributed by atoms with Gasteiger partial charge in [-0.15, -0.1) is 11.3 Å². The predicted octanol–water partition coefficient (Wildman–Crippen LogP) is 6.82. The summed E-state index contributed by atoms with van der Waals surface area (Å²) in [7, 11) is 0. The third-order valence-electron chi connectivity index (χ3n) is 3.44. The molecule has 1 aromatic heterocycles. The minimum absolute atomic E-state index is 1.29. The van der Waals surface area contributed by atoms with E-state index in [4.69, 9.17) is 0 Å². The smallest absolute Gasteiger partial charge is 0.0656 e. The van der Waals surface area contributed by atoms with Gasteiger partial charge in [0.15, 0.2) is 0 Å². The average Bonchev–Trinajstić information content (AvgIpc) is 2.77. The highest BCUT2D eigenvalue weighted by molar-refractivity contribution is 14.1. The number of thiophene rings is 1. The Hall–Kier alpha value is 0.430. The molecule has 0 N–H and O–H groups in total. The molecule has 0 saturated carbocycles. The van der Waals surface area contributed by atoms with Crippen molar-refractivity contribution in [3.05, 3.63) is 19.9 Å². The van der Waals surface area contributed by atoms with Crippen molar-refractivity contribution >= 4 is 33.9 Å². The zero-order chi connectivity index (χ0) is 13.1. The second-order valence-corrected chi connectivity index (χ2v) is 8.00. The molecular weight excluding hydrogens is 351 g/mol. The molecule has 0 aliphatic rings. The van der Waals surface area contributed by atoms with E-state index in [1.165, 1.54) is 73.5 Å². The van der Waals surface area contributed by atoms with Gasteiger partial charge in [0, 0.05) is 0 Å². The molecule has 0 bridgehead atoms. The summed E-state index contributed by atoms with van der Waals surface area (Å²) in [5, 5.41) is 2.31. The van der Waals surface area contributed by atoms with Crippen LogP contribution < -0.4 is 0 Å². The lowest BCUT2D eigenvalue weighted by molar-refractivity contribution is 0.556. The van der Waals surface area contributed by atoms with Crippen LogP contribution in [-0.2, 0) is 6.42 Å². The van der Waals surface area contributed by atoms with Gasteiger partial charge < -0.3 is 0 Å². The highest BCUT2D eigenvalue weighted by Crippen LogP contribution is 2.19. The Kier molecular flexibility index (Phi) is 10.3. The summed E-state index contributed by atoms with van der Waals surface area (Å²) in [5.74, 6) is 0. The lowest BCUT2D eigenvalue weighted by atomic mass is 10.0. The van der Waals surface area contributed by atoms with E-state index in [1.54, 1.807) is 5.56 Å². The van der Waals surface area contributed by atoms with Crippen molar-refractivity contribution in [1.29, 1.82) is 0 Å². The van der Waals surface area contributed by atoms with Crippen LogP contribution in [0.15, 0.2) is 11.4 Å². The van der Waals surface area contributed by atoms with Gasteiger partial charge in [-0.1, -0.05) is 64.7 Å². The number of rotatable bonds is 11. The fourth-order valence-corrected chi connectivity index (χ4v) is 3.74. The van der Waals surface area contributed by atoms with E-state index in [9.17, 15) is 0 Å². The topological polar surface area (TPSA) is 0 Å². The summed E-state index contributed by atoms with van der Waals surface area (Å²) in [6.45, 7) is 2.29. The van der Waals surface area contributed by atoms with E-state index in [0.717, 1.165) is 0 Å². The molecule has 0 amide bonds. The Morgan fingerprint density at radius 1 is 0.889 bits per heavy atom. The van der Waals surface area contributed by atoms with Crippen molar-refractivity contribution in [2.75, 3.05) is 0 Å². The molecule has 1 rings (SSSR count). The SMILES string of the molecule is CCCCCCCCCCCCc1csc(I)c1. The van der Waals surface area contributed by atoms with Crippen LogP contribution in [0.5, 0.6) is 0 Å². The van der Waals surface area contributed by atoms with Crippen LogP contribution in [0.25, 0.3) is 0 Å². The highest BCUT2D eigenvalue weighted by atomic mass is 127. The maximum absolute atomic E-state index is 2.41. The monoisotopic (exact) mass is 378 g/mol. The van der Waals surface area contributed by atoms with E-state index in [2.05, 4.69) is 41.0 Å². The van der Waals surface area contributed by atoms with E-state index < -0.39 is 0 Å². The van der Waals surface area contributed by atoms with Crippen LogP contribution in [0.2, 0.25) is 0 Å². The maximum atomic E-state index is 2.41. The Balaban J connectivity index is 1.81. The van der Waals surface area contributed by atoms with Gasteiger partial charge in [0.1, 0.15) is 0 Å². The molecule has 0 atom stereocenters. The first kappa shape index (κ1) is 16.5. The molecule has 0 unspecified atom stereocenters. The van der Waals surface area contributed by atoms with E-state index in [-0.39, 0.29) is 0 Å². The molecule has 0 fully saturated rings. The Morgan fingerprint density at radius 3 is 1.94 bits per heavy atom. The van der Waals surface area contributed by atoms with Crippen molar-refractivity contribution in [2.24, 2.45) is 0 Å². The summed E-state index contributed by atoms with van der Waals surface area (Å²) in [4.78, 5) is 0. The summed E-state index contributed by atoms with van der Waals surface area (Å²) >= 11 is 4.28. The summed E-state index contributed by atoms with van der Waals surface area (Å²) in [6, 6.07) is 2.33. The van der Waals surface area contributed by atoms with Gasteiger partial charge in [0.25, 0.3) is 0 Å². The van der Waals surface area contributed by atoms with Gasteiger partial charge in [-0.2, -0.15) is 0 Å². The number of hydrogen-bond donors (Lipinski definition) is 0. The molecule has 18 heavy (non-hydrogen) atoms. The zero-order valence-corrected chi connectivity index (χ0v) is 14.7. The molecule has 0 aliphatic heterocycles. The molecule has 0 radical (unpaired) electrons. The van der Waals surface area contributed by atoms with E-state index in [0.29, 0.717) is 0 Å². The molecule has 0 spiro atoms. The molecule has 0 aliphatic carbocycles. The normalized spacial score (nSPS) is 11.0. The second kappa shape index (κ2) is 11.3. The van der Waals surface area contributed by atoms with Crippen molar-refractivity contribution in [2.45, 2.75) is 77.6 Å². The molecule has 0 aromatic carbocycles. The number of aryl methyl sites for hydroxylation is 1. The Labute approximate surface area is 131 Å². The molecule has 104 valence electrons. The van der Waals surface area contributed by atoms with Crippen LogP contribution in [-0.4, -0.2) is 0 Å². The Bertz CT molecular complexity index is 293. The van der Waals surface area contributed by atoms with Crippen molar-refractivity contribution in [1.82, 2.24) is 0 Å². The van der Waals surface area contributed by atoms with E-state index >= 15 is 0 Å². The fraction of sp³-hybridized carbons (Fsp3) is 0.750. The molecular formula is C16H27IS. The average molecular weight is 378 g/mol. The zero-order valence-electron chi connectivity index (χ0n) is 11.7. The largest absolute Gasteiger partial charge is 0.137 e. The lowest BCUT2D eigenvalue weighted by Crippen LogP contribution is -1.84. The van der Waals surface area contributed by atoms with Crippen LogP contribution >= 0.6 is 33.9 Å². The number of hydrogen-bond acceptors (Lipinski definition) is 1. The third-order valence-corrected chi connectivity index (χ3v) is 5.28. The van der Waals surface area contributed by atoms with Crippen molar-refractivity contribution in [3.8, 4) is 0 Å². The fourth-order valence-electron chi connectivity index (χ4n) is 2.29. The molecule has 1 heterocycles. The Morgan fingerprint density at radius 2 is 1.44 bits per heavy atom. The minimum atomic E-state index is 1.29. The summed E-state index contributed by atoms with van der Waals surface area (Å²) in [6.07, 6.45) is 15.6. The van der Waals surface area contributed by atoms with Gasteiger partial charge >= 0.3 is 0 Å². The van der Waals surface area contributed by atoms with Gasteiger partial charge in [-0.25, -0.2) is 0 Å². The third kappa shape index (κ3) is 8.52.